The lowest BCUT2D eigenvalue weighted by atomic mass is 10.2. The Morgan fingerprint density at radius 2 is 1.96 bits per heavy atom. The molecule has 1 aromatic rings. The van der Waals surface area contributed by atoms with Crippen molar-refractivity contribution in [1.82, 2.24) is 10.3 Å². The zero-order chi connectivity index (χ0) is 18.7. The van der Waals surface area contributed by atoms with E-state index in [2.05, 4.69) is 36.0 Å². The van der Waals surface area contributed by atoms with Gasteiger partial charge in [-0.2, -0.15) is 4.98 Å². The molecule has 0 aromatic carbocycles. The summed E-state index contributed by atoms with van der Waals surface area (Å²) in [5.74, 6) is 1.05. The Labute approximate surface area is 152 Å². The Bertz CT molecular complexity index is 516. The van der Waals surface area contributed by atoms with Crippen molar-refractivity contribution in [3.63, 3.8) is 0 Å². The van der Waals surface area contributed by atoms with Crippen LogP contribution in [0.4, 0.5) is 11.5 Å². The standard InChI is InChI=1S/C19H34N4O2/c1-5-10-23(11-6-2)16-13-17(20)22-19(14-16)25-12-8-9-18(24)21-15(4)7-3/h13-15H,5-12H2,1-4H3,(H2,20,22)(H,21,24). The number of aromatic nitrogens is 1. The van der Waals surface area contributed by atoms with Crippen LogP contribution in [0.15, 0.2) is 12.1 Å². The molecule has 1 amide bonds. The van der Waals surface area contributed by atoms with Crippen molar-refractivity contribution in [1.29, 1.82) is 0 Å². The second kappa shape index (κ2) is 11.6. The molecule has 1 unspecified atom stereocenters. The Morgan fingerprint density at radius 1 is 1.28 bits per heavy atom. The van der Waals surface area contributed by atoms with Gasteiger partial charge in [0.1, 0.15) is 5.82 Å². The van der Waals surface area contributed by atoms with Crippen LogP contribution in [-0.4, -0.2) is 36.6 Å². The number of carbonyl (C=O) groups is 1. The van der Waals surface area contributed by atoms with Gasteiger partial charge in [-0.3, -0.25) is 4.79 Å². The van der Waals surface area contributed by atoms with E-state index in [4.69, 9.17) is 10.5 Å². The Morgan fingerprint density at radius 3 is 2.56 bits per heavy atom. The molecular formula is C19H34N4O2. The van der Waals surface area contributed by atoms with Crippen LogP contribution in [0.25, 0.3) is 0 Å². The van der Waals surface area contributed by atoms with E-state index in [0.717, 1.165) is 38.0 Å². The maximum Gasteiger partial charge on any atom is 0.220 e. The molecule has 0 saturated heterocycles. The number of amides is 1. The van der Waals surface area contributed by atoms with Gasteiger partial charge in [0.15, 0.2) is 0 Å². The van der Waals surface area contributed by atoms with Crippen molar-refractivity contribution in [3.05, 3.63) is 12.1 Å². The fourth-order valence-corrected chi connectivity index (χ4v) is 2.54. The van der Waals surface area contributed by atoms with Crippen molar-refractivity contribution in [3.8, 4) is 5.88 Å². The molecule has 0 saturated carbocycles. The minimum atomic E-state index is 0.0660. The van der Waals surface area contributed by atoms with Crippen LogP contribution in [0.3, 0.4) is 0 Å². The number of nitrogen functional groups attached to an aromatic ring is 1. The van der Waals surface area contributed by atoms with Crippen LogP contribution in [0.2, 0.25) is 0 Å². The number of nitrogens with one attached hydrogen (secondary N) is 1. The maximum atomic E-state index is 11.8. The molecule has 1 rings (SSSR count). The normalized spacial score (nSPS) is 11.8. The summed E-state index contributed by atoms with van der Waals surface area (Å²) in [6.45, 7) is 10.8. The third kappa shape index (κ3) is 8.09. The van der Waals surface area contributed by atoms with Gasteiger partial charge in [0.05, 0.1) is 6.61 Å². The van der Waals surface area contributed by atoms with Gasteiger partial charge in [0, 0.05) is 43.4 Å². The predicted molar refractivity (Wildman–Crippen MR) is 104 cm³/mol. The van der Waals surface area contributed by atoms with E-state index < -0.39 is 0 Å². The van der Waals surface area contributed by atoms with E-state index in [-0.39, 0.29) is 11.9 Å². The topological polar surface area (TPSA) is 80.5 Å². The van der Waals surface area contributed by atoms with E-state index in [1.165, 1.54) is 0 Å². The molecule has 25 heavy (non-hydrogen) atoms. The van der Waals surface area contributed by atoms with Gasteiger partial charge in [0.2, 0.25) is 11.8 Å². The number of pyridine rings is 1. The summed E-state index contributed by atoms with van der Waals surface area (Å²) >= 11 is 0. The lowest BCUT2D eigenvalue weighted by Gasteiger charge is -2.24. The first kappa shape index (κ1) is 21.1. The average molecular weight is 351 g/mol. The number of nitrogens with zero attached hydrogens (tertiary/aromatic N) is 2. The molecule has 6 heteroatoms. The molecule has 1 atom stereocenters. The number of hydrogen-bond donors (Lipinski definition) is 2. The van der Waals surface area contributed by atoms with E-state index in [1.54, 1.807) is 0 Å². The molecule has 0 aliphatic rings. The number of rotatable bonds is 12. The van der Waals surface area contributed by atoms with Crippen LogP contribution in [0, 0.1) is 0 Å². The monoisotopic (exact) mass is 350 g/mol. The van der Waals surface area contributed by atoms with Crippen molar-refractivity contribution < 1.29 is 9.53 Å². The second-order valence-electron chi connectivity index (χ2n) is 6.40. The summed E-state index contributed by atoms with van der Waals surface area (Å²) in [6.07, 6.45) is 4.19. The second-order valence-corrected chi connectivity index (χ2v) is 6.40. The molecule has 6 nitrogen and oxygen atoms in total. The minimum absolute atomic E-state index is 0.0660. The molecule has 3 N–H and O–H groups in total. The van der Waals surface area contributed by atoms with E-state index >= 15 is 0 Å². The molecule has 0 fully saturated rings. The van der Waals surface area contributed by atoms with Crippen LogP contribution < -0.4 is 20.7 Å². The van der Waals surface area contributed by atoms with Crippen LogP contribution in [0.5, 0.6) is 5.88 Å². The van der Waals surface area contributed by atoms with Gasteiger partial charge in [-0.1, -0.05) is 20.8 Å². The molecule has 1 aromatic heterocycles. The van der Waals surface area contributed by atoms with Crippen molar-refractivity contribution >= 4 is 17.4 Å². The quantitative estimate of drug-likeness (QED) is 0.565. The summed E-state index contributed by atoms with van der Waals surface area (Å²) in [7, 11) is 0. The summed E-state index contributed by atoms with van der Waals surface area (Å²) in [6, 6.07) is 4.04. The first-order valence-electron chi connectivity index (χ1n) is 9.44. The van der Waals surface area contributed by atoms with Gasteiger partial charge in [0.25, 0.3) is 0 Å². The largest absolute Gasteiger partial charge is 0.478 e. The highest BCUT2D eigenvalue weighted by Gasteiger charge is 2.10. The molecule has 1 heterocycles. The molecule has 0 bridgehead atoms. The number of anilines is 2. The highest BCUT2D eigenvalue weighted by Crippen LogP contribution is 2.23. The third-order valence-electron chi connectivity index (χ3n) is 3.98. The zero-order valence-electron chi connectivity index (χ0n) is 16.2. The van der Waals surface area contributed by atoms with Crippen LogP contribution in [-0.2, 0) is 4.79 Å². The van der Waals surface area contributed by atoms with E-state index in [9.17, 15) is 4.79 Å². The first-order chi connectivity index (χ1) is 12.0. The summed E-state index contributed by atoms with van der Waals surface area (Å²) in [5, 5.41) is 2.95. The van der Waals surface area contributed by atoms with Crippen molar-refractivity contribution in [2.75, 3.05) is 30.3 Å². The fraction of sp³-hybridized carbons (Fsp3) is 0.684. The molecule has 0 aliphatic heterocycles. The first-order valence-corrected chi connectivity index (χ1v) is 9.44. The van der Waals surface area contributed by atoms with Gasteiger partial charge >= 0.3 is 0 Å². The Hall–Kier alpha value is -1.98. The molecule has 142 valence electrons. The Balaban J connectivity index is 2.54. The molecular weight excluding hydrogens is 316 g/mol. The van der Waals surface area contributed by atoms with Gasteiger partial charge in [-0.15, -0.1) is 0 Å². The number of hydrogen-bond acceptors (Lipinski definition) is 5. The smallest absolute Gasteiger partial charge is 0.220 e. The predicted octanol–water partition coefficient (Wildman–Crippen LogP) is 3.36. The van der Waals surface area contributed by atoms with Gasteiger partial charge < -0.3 is 20.7 Å². The third-order valence-corrected chi connectivity index (χ3v) is 3.98. The summed E-state index contributed by atoms with van der Waals surface area (Å²) in [4.78, 5) is 18.3. The SMILES string of the molecule is CCCN(CCC)c1cc(N)nc(OCCCC(=O)NC(C)CC)c1. The van der Waals surface area contributed by atoms with Crippen molar-refractivity contribution in [2.24, 2.45) is 0 Å². The average Bonchev–Trinajstić information content (AvgIpc) is 2.58. The molecule has 0 radical (unpaired) electrons. The number of carbonyl (C=O) groups excluding carboxylic acids is 1. The molecule has 0 aliphatic carbocycles. The number of nitrogens with two attached hydrogens (primary N) is 1. The zero-order valence-corrected chi connectivity index (χ0v) is 16.2. The summed E-state index contributed by atoms with van der Waals surface area (Å²) < 4.78 is 5.72. The van der Waals surface area contributed by atoms with Crippen molar-refractivity contribution in [2.45, 2.75) is 65.8 Å². The van der Waals surface area contributed by atoms with E-state index in [1.807, 2.05) is 19.1 Å². The van der Waals surface area contributed by atoms with E-state index in [0.29, 0.717) is 31.1 Å². The fourth-order valence-electron chi connectivity index (χ4n) is 2.54. The van der Waals surface area contributed by atoms with Gasteiger partial charge in [-0.05, 0) is 32.6 Å². The van der Waals surface area contributed by atoms with Gasteiger partial charge in [-0.25, -0.2) is 0 Å². The lowest BCUT2D eigenvalue weighted by Crippen LogP contribution is -2.31. The van der Waals surface area contributed by atoms with Crippen LogP contribution >= 0.6 is 0 Å². The summed E-state index contributed by atoms with van der Waals surface area (Å²) in [5.41, 5.74) is 6.97. The number of ether oxygens (including phenoxy) is 1. The minimum Gasteiger partial charge on any atom is -0.478 e. The highest BCUT2D eigenvalue weighted by atomic mass is 16.5. The van der Waals surface area contributed by atoms with Crippen LogP contribution in [0.1, 0.15) is 59.8 Å². The maximum absolute atomic E-state index is 11.8. The highest BCUT2D eigenvalue weighted by molar-refractivity contribution is 5.76. The molecule has 0 spiro atoms. The Kier molecular flexibility index (Phi) is 9.73. The lowest BCUT2D eigenvalue weighted by molar-refractivity contribution is -0.121.